The van der Waals surface area contributed by atoms with E-state index in [4.69, 9.17) is 4.55 Å². The van der Waals surface area contributed by atoms with Crippen molar-refractivity contribution >= 4 is 21.9 Å². The van der Waals surface area contributed by atoms with Crippen LogP contribution in [0.1, 0.15) is 0 Å². The fourth-order valence-electron chi connectivity index (χ4n) is 1.38. The van der Waals surface area contributed by atoms with Gasteiger partial charge in [-0.05, 0) is 23.6 Å². The van der Waals surface area contributed by atoms with E-state index in [0.29, 0.717) is 10.3 Å². The smallest absolute Gasteiger partial charge is 0.187 e. The molecule has 0 fully saturated rings. The lowest BCUT2D eigenvalue weighted by molar-refractivity contribution is 0.476. The summed E-state index contributed by atoms with van der Waals surface area (Å²) in [5.74, 6) is 0.0930. The Morgan fingerprint density at radius 1 is 1.14 bits per heavy atom. The molecule has 0 saturated carbocycles. The minimum Gasteiger partial charge on any atom is -0.508 e. The van der Waals surface area contributed by atoms with E-state index >= 15 is 0 Å². The third-order valence-electron chi connectivity index (χ3n) is 2.01. The third-order valence-corrected chi connectivity index (χ3v) is 2.75. The molecule has 2 rings (SSSR count). The molecule has 2 aromatic carbocycles. The lowest BCUT2D eigenvalue weighted by Gasteiger charge is -2.02. The van der Waals surface area contributed by atoms with E-state index in [-0.39, 0.29) is 5.75 Å². The van der Waals surface area contributed by atoms with Crippen LogP contribution in [0.25, 0.3) is 10.8 Å². The number of hydrogen-bond acceptors (Lipinski definition) is 2. The summed E-state index contributed by atoms with van der Waals surface area (Å²) in [4.78, 5) is 0.318. The van der Waals surface area contributed by atoms with Gasteiger partial charge in [0.2, 0.25) is 0 Å². The molecular formula is C10H8O3S. The van der Waals surface area contributed by atoms with E-state index in [2.05, 4.69) is 0 Å². The molecule has 0 spiro atoms. The zero-order valence-electron chi connectivity index (χ0n) is 7.18. The van der Waals surface area contributed by atoms with E-state index < -0.39 is 11.1 Å². The Hall–Kier alpha value is -1.39. The number of benzene rings is 2. The number of fused-ring (bicyclic) bond motifs is 1. The van der Waals surface area contributed by atoms with Crippen LogP contribution in [0.4, 0.5) is 0 Å². The Kier molecular flexibility index (Phi) is 2.23. The number of rotatable bonds is 1. The molecule has 14 heavy (non-hydrogen) atoms. The third kappa shape index (κ3) is 1.49. The van der Waals surface area contributed by atoms with E-state index in [1.54, 1.807) is 24.3 Å². The van der Waals surface area contributed by atoms with Crippen LogP contribution in [0.3, 0.4) is 0 Å². The largest absolute Gasteiger partial charge is 0.508 e. The van der Waals surface area contributed by atoms with Gasteiger partial charge in [0.25, 0.3) is 0 Å². The minimum atomic E-state index is -2.02. The fraction of sp³-hybridized carbons (Fsp3) is 0. The lowest BCUT2D eigenvalue weighted by Crippen LogP contribution is -1.89. The van der Waals surface area contributed by atoms with Gasteiger partial charge in [-0.3, -0.25) is 0 Å². The van der Waals surface area contributed by atoms with Gasteiger partial charge in [-0.25, -0.2) is 4.21 Å². The first-order valence-corrected chi connectivity index (χ1v) is 5.12. The maximum absolute atomic E-state index is 11.0. The molecule has 0 amide bonds. The highest BCUT2D eigenvalue weighted by molar-refractivity contribution is 7.79. The van der Waals surface area contributed by atoms with Crippen LogP contribution >= 0.6 is 0 Å². The average molecular weight is 208 g/mol. The Balaban J connectivity index is 2.84. The lowest BCUT2D eigenvalue weighted by atomic mass is 10.1. The summed E-state index contributed by atoms with van der Waals surface area (Å²) in [5.41, 5.74) is 0. The molecule has 0 aliphatic rings. The van der Waals surface area contributed by atoms with Gasteiger partial charge in [0, 0.05) is 5.39 Å². The van der Waals surface area contributed by atoms with Gasteiger partial charge in [0.1, 0.15) is 5.75 Å². The zero-order chi connectivity index (χ0) is 10.1. The Morgan fingerprint density at radius 2 is 1.93 bits per heavy atom. The van der Waals surface area contributed by atoms with Crippen molar-refractivity contribution in [1.82, 2.24) is 0 Å². The second-order valence-electron chi connectivity index (χ2n) is 2.91. The summed E-state index contributed by atoms with van der Waals surface area (Å²) < 4.78 is 20.0. The van der Waals surface area contributed by atoms with Crippen molar-refractivity contribution in [3.05, 3.63) is 36.4 Å². The summed E-state index contributed by atoms with van der Waals surface area (Å²) >= 11 is -2.02. The Labute approximate surface area is 83.3 Å². The number of phenolic OH excluding ortho intramolecular Hbond substituents is 1. The van der Waals surface area contributed by atoms with E-state index in [9.17, 15) is 9.32 Å². The highest BCUT2D eigenvalue weighted by Crippen LogP contribution is 2.24. The van der Waals surface area contributed by atoms with Crippen LogP contribution in [-0.4, -0.2) is 13.9 Å². The first-order valence-electron chi connectivity index (χ1n) is 4.01. The molecule has 0 aliphatic heterocycles. The molecular weight excluding hydrogens is 200 g/mol. The highest BCUT2D eigenvalue weighted by atomic mass is 32.2. The molecule has 0 saturated heterocycles. The summed E-state index contributed by atoms with van der Waals surface area (Å²) in [6, 6.07) is 9.85. The molecule has 1 unspecified atom stereocenters. The summed E-state index contributed by atoms with van der Waals surface area (Å²) in [5, 5.41) is 10.7. The normalized spacial score (nSPS) is 12.9. The van der Waals surface area contributed by atoms with Gasteiger partial charge in [0.15, 0.2) is 11.1 Å². The van der Waals surface area contributed by atoms with Crippen LogP contribution in [0, 0.1) is 0 Å². The molecule has 0 aliphatic carbocycles. The van der Waals surface area contributed by atoms with Crippen LogP contribution in [-0.2, 0) is 11.1 Å². The SMILES string of the molecule is O=S(O)c1cccc2ccc(O)cc12. The number of aromatic hydroxyl groups is 1. The standard InChI is InChI=1S/C10H8O3S/c11-8-5-4-7-2-1-3-10(14(12)13)9(7)6-8/h1-6,11H,(H,12,13). The topological polar surface area (TPSA) is 57.5 Å². The molecule has 0 aromatic heterocycles. The molecule has 72 valence electrons. The molecule has 0 radical (unpaired) electrons. The molecule has 3 nitrogen and oxygen atoms in total. The summed E-state index contributed by atoms with van der Waals surface area (Å²) in [6.07, 6.45) is 0. The molecule has 0 bridgehead atoms. The maximum atomic E-state index is 11.0. The average Bonchev–Trinajstić information content (AvgIpc) is 2.16. The van der Waals surface area contributed by atoms with Gasteiger partial charge < -0.3 is 9.66 Å². The maximum Gasteiger partial charge on any atom is 0.187 e. The molecule has 4 heteroatoms. The van der Waals surface area contributed by atoms with Crippen molar-refractivity contribution in [3.8, 4) is 5.75 Å². The first-order chi connectivity index (χ1) is 6.68. The monoisotopic (exact) mass is 208 g/mol. The molecule has 2 N–H and O–H groups in total. The van der Waals surface area contributed by atoms with Crippen LogP contribution < -0.4 is 0 Å². The number of hydrogen-bond donors (Lipinski definition) is 2. The van der Waals surface area contributed by atoms with Crippen molar-refractivity contribution < 1.29 is 13.9 Å². The van der Waals surface area contributed by atoms with Crippen molar-refractivity contribution in [2.45, 2.75) is 4.90 Å². The van der Waals surface area contributed by atoms with Crippen molar-refractivity contribution in [2.24, 2.45) is 0 Å². The first kappa shape index (κ1) is 9.18. The van der Waals surface area contributed by atoms with Crippen molar-refractivity contribution in [1.29, 1.82) is 0 Å². The predicted octanol–water partition coefficient (Wildman–Crippen LogP) is 2.13. The van der Waals surface area contributed by atoms with Crippen molar-refractivity contribution in [3.63, 3.8) is 0 Å². The van der Waals surface area contributed by atoms with Gasteiger partial charge in [-0.15, -0.1) is 0 Å². The Morgan fingerprint density at radius 3 is 2.64 bits per heavy atom. The van der Waals surface area contributed by atoms with Gasteiger partial charge in [0.05, 0.1) is 4.90 Å². The zero-order valence-corrected chi connectivity index (χ0v) is 7.99. The molecule has 1 atom stereocenters. The number of phenols is 1. The van der Waals surface area contributed by atoms with Gasteiger partial charge >= 0.3 is 0 Å². The molecule has 2 aromatic rings. The van der Waals surface area contributed by atoms with E-state index in [0.717, 1.165) is 5.39 Å². The quantitative estimate of drug-likeness (QED) is 0.706. The Bertz CT molecular complexity index is 508. The van der Waals surface area contributed by atoms with E-state index in [1.807, 2.05) is 6.07 Å². The fourth-order valence-corrected chi connectivity index (χ4v) is 1.94. The van der Waals surface area contributed by atoms with Crippen molar-refractivity contribution in [2.75, 3.05) is 0 Å². The van der Waals surface area contributed by atoms with Crippen LogP contribution in [0.2, 0.25) is 0 Å². The second kappa shape index (κ2) is 3.40. The second-order valence-corrected chi connectivity index (χ2v) is 3.85. The molecule has 0 heterocycles. The minimum absolute atomic E-state index is 0.0930. The van der Waals surface area contributed by atoms with Crippen LogP contribution in [0.15, 0.2) is 41.3 Å². The summed E-state index contributed by atoms with van der Waals surface area (Å²) in [7, 11) is 0. The van der Waals surface area contributed by atoms with Crippen LogP contribution in [0.5, 0.6) is 5.75 Å². The van der Waals surface area contributed by atoms with Gasteiger partial charge in [-0.1, -0.05) is 18.2 Å². The predicted molar refractivity (Wildman–Crippen MR) is 54.7 cm³/mol. The highest BCUT2D eigenvalue weighted by Gasteiger charge is 2.05. The van der Waals surface area contributed by atoms with Gasteiger partial charge in [-0.2, -0.15) is 0 Å². The van der Waals surface area contributed by atoms with E-state index in [1.165, 1.54) is 6.07 Å². The summed E-state index contributed by atoms with van der Waals surface area (Å²) in [6.45, 7) is 0.